The Kier molecular flexibility index (Phi) is 3.94. The highest BCUT2D eigenvalue weighted by Gasteiger charge is 2.28. The number of anilines is 1. The van der Waals surface area contributed by atoms with E-state index in [2.05, 4.69) is 5.32 Å². The van der Waals surface area contributed by atoms with Gasteiger partial charge in [0.2, 0.25) is 0 Å². The van der Waals surface area contributed by atoms with Gasteiger partial charge in [0, 0.05) is 6.54 Å². The average Bonchev–Trinajstić information content (AvgIpc) is 2.69. The molecule has 1 heterocycles. The van der Waals surface area contributed by atoms with Gasteiger partial charge in [0.15, 0.2) is 9.84 Å². The van der Waals surface area contributed by atoms with Crippen LogP contribution in [0.25, 0.3) is 0 Å². The van der Waals surface area contributed by atoms with Crippen molar-refractivity contribution >= 4 is 21.2 Å². The summed E-state index contributed by atoms with van der Waals surface area (Å²) in [6, 6.07) is 2.25. The standard InChI is InChI=1S/C12H15FN2O4S/c1-8-4-11(12(15(16)17)5-10(8)13)14-6-9-2-3-20(18,19)7-9/h4-5,9,14H,2-3,6-7H2,1H3. The molecule has 0 amide bonds. The van der Waals surface area contributed by atoms with Crippen LogP contribution in [0.2, 0.25) is 0 Å². The van der Waals surface area contributed by atoms with E-state index in [4.69, 9.17) is 0 Å². The molecular formula is C12H15FN2O4S. The lowest BCUT2D eigenvalue weighted by molar-refractivity contribution is -0.384. The third-order valence-electron chi connectivity index (χ3n) is 3.38. The number of aryl methyl sites for hydroxylation is 1. The molecule has 1 N–H and O–H groups in total. The molecule has 2 rings (SSSR count). The molecule has 0 aliphatic carbocycles. The first-order valence-corrected chi connectivity index (χ1v) is 7.99. The lowest BCUT2D eigenvalue weighted by atomic mass is 10.1. The highest BCUT2D eigenvalue weighted by molar-refractivity contribution is 7.91. The molecule has 0 radical (unpaired) electrons. The largest absolute Gasteiger partial charge is 0.379 e. The molecule has 1 aliphatic rings. The molecule has 1 saturated heterocycles. The maximum Gasteiger partial charge on any atom is 0.295 e. The van der Waals surface area contributed by atoms with E-state index in [1.54, 1.807) is 0 Å². The van der Waals surface area contributed by atoms with Crippen molar-refractivity contribution in [2.45, 2.75) is 13.3 Å². The summed E-state index contributed by atoms with van der Waals surface area (Å²) >= 11 is 0. The predicted molar refractivity (Wildman–Crippen MR) is 73.0 cm³/mol. The molecule has 0 saturated carbocycles. The van der Waals surface area contributed by atoms with E-state index in [9.17, 15) is 22.9 Å². The quantitative estimate of drug-likeness (QED) is 0.677. The molecule has 0 bridgehead atoms. The number of hydrogen-bond acceptors (Lipinski definition) is 5. The molecule has 6 nitrogen and oxygen atoms in total. The Morgan fingerprint density at radius 3 is 2.75 bits per heavy atom. The van der Waals surface area contributed by atoms with Crippen molar-refractivity contribution in [2.75, 3.05) is 23.4 Å². The summed E-state index contributed by atoms with van der Waals surface area (Å²) in [5, 5.41) is 13.8. The number of nitro groups is 1. The van der Waals surface area contributed by atoms with E-state index >= 15 is 0 Å². The van der Waals surface area contributed by atoms with Gasteiger partial charge < -0.3 is 5.32 Å². The normalized spacial score (nSPS) is 20.8. The number of nitro benzene ring substituents is 1. The van der Waals surface area contributed by atoms with Gasteiger partial charge >= 0.3 is 0 Å². The van der Waals surface area contributed by atoms with Crippen molar-refractivity contribution in [1.29, 1.82) is 0 Å². The number of benzene rings is 1. The van der Waals surface area contributed by atoms with E-state index in [1.165, 1.54) is 13.0 Å². The molecule has 0 aromatic heterocycles. The summed E-state index contributed by atoms with van der Waals surface area (Å²) < 4.78 is 36.0. The minimum atomic E-state index is -2.98. The van der Waals surface area contributed by atoms with Crippen molar-refractivity contribution in [3.63, 3.8) is 0 Å². The van der Waals surface area contributed by atoms with Crippen molar-refractivity contribution in [1.82, 2.24) is 0 Å². The molecular weight excluding hydrogens is 287 g/mol. The highest BCUT2D eigenvalue weighted by Crippen LogP contribution is 2.28. The second-order valence-corrected chi connectivity index (χ2v) is 7.25. The van der Waals surface area contributed by atoms with Gasteiger partial charge in [-0.15, -0.1) is 0 Å². The molecule has 8 heteroatoms. The molecule has 1 fully saturated rings. The lowest BCUT2D eigenvalue weighted by Crippen LogP contribution is -2.16. The molecule has 1 unspecified atom stereocenters. The van der Waals surface area contributed by atoms with Crippen molar-refractivity contribution < 1.29 is 17.7 Å². The lowest BCUT2D eigenvalue weighted by Gasteiger charge is -2.12. The predicted octanol–water partition coefficient (Wildman–Crippen LogP) is 1.89. The Morgan fingerprint density at radius 2 is 2.20 bits per heavy atom. The number of sulfone groups is 1. The topological polar surface area (TPSA) is 89.3 Å². The first-order chi connectivity index (χ1) is 9.28. The molecule has 110 valence electrons. The first kappa shape index (κ1) is 14.7. The number of halogens is 1. The van der Waals surface area contributed by atoms with E-state index in [-0.39, 0.29) is 28.8 Å². The second-order valence-electron chi connectivity index (χ2n) is 5.03. The van der Waals surface area contributed by atoms with Crippen molar-refractivity contribution in [2.24, 2.45) is 5.92 Å². The van der Waals surface area contributed by atoms with Crippen LogP contribution < -0.4 is 5.32 Å². The van der Waals surface area contributed by atoms with Crippen LogP contribution in [0.1, 0.15) is 12.0 Å². The van der Waals surface area contributed by atoms with Gasteiger partial charge in [-0.25, -0.2) is 12.8 Å². The summed E-state index contributed by atoms with van der Waals surface area (Å²) in [5.74, 6) is -0.451. The van der Waals surface area contributed by atoms with E-state index < -0.39 is 20.6 Å². The maximum absolute atomic E-state index is 13.4. The van der Waals surface area contributed by atoms with Gasteiger partial charge in [-0.05, 0) is 30.9 Å². The monoisotopic (exact) mass is 302 g/mol. The van der Waals surface area contributed by atoms with Gasteiger partial charge in [0.05, 0.1) is 22.5 Å². The van der Waals surface area contributed by atoms with E-state index in [1.807, 2.05) is 0 Å². The van der Waals surface area contributed by atoms with Gasteiger partial charge in [0.25, 0.3) is 5.69 Å². The van der Waals surface area contributed by atoms with E-state index in [0.29, 0.717) is 18.5 Å². The maximum atomic E-state index is 13.4. The molecule has 1 aliphatic heterocycles. The Bertz CT molecular complexity index is 645. The molecule has 0 spiro atoms. The Morgan fingerprint density at radius 1 is 1.50 bits per heavy atom. The zero-order chi connectivity index (χ0) is 14.9. The zero-order valence-electron chi connectivity index (χ0n) is 10.9. The summed E-state index contributed by atoms with van der Waals surface area (Å²) in [5.41, 5.74) is 0.185. The number of nitrogens with one attached hydrogen (secondary N) is 1. The highest BCUT2D eigenvalue weighted by atomic mass is 32.2. The van der Waals surface area contributed by atoms with Crippen LogP contribution >= 0.6 is 0 Å². The second kappa shape index (κ2) is 5.35. The molecule has 20 heavy (non-hydrogen) atoms. The minimum absolute atomic E-state index is 0.0648. The molecule has 1 aromatic rings. The summed E-state index contributed by atoms with van der Waals surface area (Å²) in [6.45, 7) is 1.84. The van der Waals surface area contributed by atoms with Gasteiger partial charge in [0.1, 0.15) is 11.5 Å². The smallest absolute Gasteiger partial charge is 0.295 e. The minimum Gasteiger partial charge on any atom is -0.379 e. The van der Waals surface area contributed by atoms with Crippen LogP contribution in [0.15, 0.2) is 12.1 Å². The Balaban J connectivity index is 2.13. The third kappa shape index (κ3) is 3.24. The van der Waals surface area contributed by atoms with E-state index in [0.717, 1.165) is 6.07 Å². The van der Waals surface area contributed by atoms with Crippen molar-refractivity contribution in [3.05, 3.63) is 33.6 Å². The number of rotatable bonds is 4. The zero-order valence-corrected chi connectivity index (χ0v) is 11.7. The van der Waals surface area contributed by atoms with Crippen LogP contribution in [0.3, 0.4) is 0 Å². The van der Waals surface area contributed by atoms with Crippen LogP contribution in [-0.4, -0.2) is 31.4 Å². The third-order valence-corrected chi connectivity index (χ3v) is 5.22. The number of hydrogen-bond donors (Lipinski definition) is 1. The Labute approximate surface area is 116 Å². The summed E-state index contributed by atoms with van der Waals surface area (Å²) in [7, 11) is -2.98. The van der Waals surface area contributed by atoms with Crippen LogP contribution in [-0.2, 0) is 9.84 Å². The Hall–Kier alpha value is -1.70. The fraction of sp³-hybridized carbons (Fsp3) is 0.500. The van der Waals surface area contributed by atoms with Crippen LogP contribution in [0, 0.1) is 28.8 Å². The molecule has 1 aromatic carbocycles. The summed E-state index contributed by atoms with van der Waals surface area (Å²) in [4.78, 5) is 10.2. The van der Waals surface area contributed by atoms with Gasteiger partial charge in [-0.2, -0.15) is 0 Å². The van der Waals surface area contributed by atoms with Gasteiger partial charge in [-0.1, -0.05) is 0 Å². The molecule has 1 atom stereocenters. The fourth-order valence-electron chi connectivity index (χ4n) is 2.25. The first-order valence-electron chi connectivity index (χ1n) is 6.17. The fourth-order valence-corrected chi connectivity index (χ4v) is 4.11. The number of nitrogens with zero attached hydrogens (tertiary/aromatic N) is 1. The average molecular weight is 302 g/mol. The van der Waals surface area contributed by atoms with Crippen LogP contribution in [0.4, 0.5) is 15.8 Å². The SMILES string of the molecule is Cc1cc(NCC2CCS(=O)(=O)C2)c([N+](=O)[O-])cc1F. The van der Waals surface area contributed by atoms with Crippen LogP contribution in [0.5, 0.6) is 0 Å². The summed E-state index contributed by atoms with van der Waals surface area (Å²) in [6.07, 6.45) is 0.545. The van der Waals surface area contributed by atoms with Gasteiger partial charge in [-0.3, -0.25) is 10.1 Å². The van der Waals surface area contributed by atoms with Crippen molar-refractivity contribution in [3.8, 4) is 0 Å².